The number of nitrogens with one attached hydrogen (secondary N) is 1. The molecule has 0 radical (unpaired) electrons. The normalized spacial score (nSPS) is 12.9. The minimum Gasteiger partial charge on any atom is -0.396 e. The molecule has 7 heteroatoms. The number of rotatable bonds is 6. The Morgan fingerprint density at radius 1 is 1.53 bits per heavy atom. The molecule has 1 heterocycles. The molecule has 0 aromatic carbocycles. The Hall–Kier alpha value is -0.500. The van der Waals surface area contributed by atoms with Gasteiger partial charge >= 0.3 is 0 Å². The van der Waals surface area contributed by atoms with Gasteiger partial charge < -0.3 is 5.11 Å². The van der Waals surface area contributed by atoms with Crippen LogP contribution in [-0.4, -0.2) is 31.7 Å². The zero-order valence-corrected chi connectivity index (χ0v) is 11.9. The summed E-state index contributed by atoms with van der Waals surface area (Å²) in [7, 11) is -3.47. The molecule has 0 spiro atoms. The Bertz CT molecular complexity index is 466. The molecule has 0 saturated carbocycles. The van der Waals surface area contributed by atoms with Crippen molar-refractivity contribution in [1.82, 2.24) is 9.71 Å². The van der Waals surface area contributed by atoms with Crippen molar-refractivity contribution in [2.24, 2.45) is 5.41 Å². The van der Waals surface area contributed by atoms with E-state index in [4.69, 9.17) is 5.11 Å². The van der Waals surface area contributed by atoms with E-state index in [0.717, 1.165) is 16.3 Å². The van der Waals surface area contributed by atoms with Crippen LogP contribution in [0.5, 0.6) is 0 Å². The van der Waals surface area contributed by atoms with E-state index in [1.165, 1.54) is 6.20 Å². The molecular weight excluding hydrogens is 260 g/mol. The van der Waals surface area contributed by atoms with E-state index in [1.54, 1.807) is 6.92 Å². The van der Waals surface area contributed by atoms with Crippen LogP contribution in [0.2, 0.25) is 0 Å². The molecule has 1 aromatic heterocycles. The molecule has 1 rings (SSSR count). The number of aliphatic hydroxyl groups excluding tert-OH is 1. The summed E-state index contributed by atoms with van der Waals surface area (Å²) in [6, 6.07) is 0. The minimum absolute atomic E-state index is 0.0500. The second-order valence-electron chi connectivity index (χ2n) is 4.66. The summed E-state index contributed by atoms with van der Waals surface area (Å²) in [5, 5.41) is 9.59. The summed E-state index contributed by atoms with van der Waals surface area (Å²) < 4.78 is 26.6. The van der Waals surface area contributed by atoms with Gasteiger partial charge in [0.2, 0.25) is 0 Å². The number of hydrogen-bond donors (Lipinski definition) is 2. The van der Waals surface area contributed by atoms with Crippen LogP contribution in [-0.2, 0) is 10.0 Å². The maximum atomic E-state index is 11.9. The molecule has 0 amide bonds. The van der Waals surface area contributed by atoms with E-state index in [0.29, 0.717) is 13.0 Å². The highest BCUT2D eigenvalue weighted by atomic mass is 32.2. The molecule has 1 aromatic rings. The van der Waals surface area contributed by atoms with Gasteiger partial charge in [-0.3, -0.25) is 0 Å². The Balaban J connectivity index is 2.69. The third-order valence-electron chi connectivity index (χ3n) is 2.39. The molecule has 2 N–H and O–H groups in total. The molecule has 0 bridgehead atoms. The molecule has 0 aliphatic rings. The zero-order valence-electron chi connectivity index (χ0n) is 10.2. The van der Waals surface area contributed by atoms with Crippen LogP contribution in [0.25, 0.3) is 0 Å². The van der Waals surface area contributed by atoms with Crippen molar-refractivity contribution in [3.05, 3.63) is 11.2 Å². The van der Waals surface area contributed by atoms with Crippen molar-refractivity contribution < 1.29 is 13.5 Å². The van der Waals surface area contributed by atoms with E-state index < -0.39 is 10.0 Å². The standard InChI is InChI=1S/C10H18N2O3S2/c1-8-11-6-9(16-8)17(14,15)12-7-10(2,3)4-5-13/h6,12-13H,4-5,7H2,1-3H3. The van der Waals surface area contributed by atoms with Gasteiger partial charge in [0.25, 0.3) is 10.0 Å². The highest BCUT2D eigenvalue weighted by Gasteiger charge is 2.23. The Kier molecular flexibility index (Phi) is 4.65. The van der Waals surface area contributed by atoms with Crippen LogP contribution in [0.15, 0.2) is 10.4 Å². The van der Waals surface area contributed by atoms with E-state index in [-0.39, 0.29) is 16.2 Å². The first-order valence-electron chi connectivity index (χ1n) is 5.30. The van der Waals surface area contributed by atoms with Crippen LogP contribution in [0, 0.1) is 12.3 Å². The zero-order chi connectivity index (χ0) is 13.1. The van der Waals surface area contributed by atoms with Crippen molar-refractivity contribution in [2.45, 2.75) is 31.4 Å². The number of nitrogens with zero attached hydrogens (tertiary/aromatic N) is 1. The first-order chi connectivity index (χ1) is 7.77. The van der Waals surface area contributed by atoms with Crippen molar-refractivity contribution >= 4 is 21.4 Å². The lowest BCUT2D eigenvalue weighted by Gasteiger charge is -2.23. The lowest BCUT2D eigenvalue weighted by Crippen LogP contribution is -2.34. The quantitative estimate of drug-likeness (QED) is 0.818. The highest BCUT2D eigenvalue weighted by Crippen LogP contribution is 2.21. The number of aromatic nitrogens is 1. The SMILES string of the molecule is Cc1ncc(S(=O)(=O)NCC(C)(C)CCO)s1. The fraction of sp³-hybridized carbons (Fsp3) is 0.700. The predicted molar refractivity (Wildman–Crippen MR) is 67.5 cm³/mol. The first-order valence-corrected chi connectivity index (χ1v) is 7.60. The fourth-order valence-corrected chi connectivity index (χ4v) is 3.61. The molecule has 98 valence electrons. The molecular formula is C10H18N2O3S2. The summed E-state index contributed by atoms with van der Waals surface area (Å²) in [5.41, 5.74) is -0.262. The van der Waals surface area contributed by atoms with Crippen molar-refractivity contribution in [3.8, 4) is 0 Å². The molecule has 5 nitrogen and oxygen atoms in total. The van der Waals surface area contributed by atoms with E-state index >= 15 is 0 Å². The number of hydrogen-bond acceptors (Lipinski definition) is 5. The topological polar surface area (TPSA) is 79.3 Å². The summed E-state index contributed by atoms with van der Waals surface area (Å²) in [6.07, 6.45) is 1.92. The molecule has 17 heavy (non-hydrogen) atoms. The average Bonchev–Trinajstić information content (AvgIpc) is 2.63. The van der Waals surface area contributed by atoms with Gasteiger partial charge in [-0.2, -0.15) is 0 Å². The molecule has 0 aliphatic heterocycles. The number of aliphatic hydroxyl groups is 1. The first kappa shape index (κ1) is 14.6. The molecule has 0 atom stereocenters. The Morgan fingerprint density at radius 3 is 2.65 bits per heavy atom. The largest absolute Gasteiger partial charge is 0.396 e. The van der Waals surface area contributed by atoms with E-state index in [2.05, 4.69) is 9.71 Å². The molecule has 0 saturated heterocycles. The van der Waals surface area contributed by atoms with Crippen LogP contribution >= 0.6 is 11.3 Å². The monoisotopic (exact) mass is 278 g/mol. The Morgan fingerprint density at radius 2 is 2.18 bits per heavy atom. The second-order valence-corrected chi connectivity index (χ2v) is 7.89. The van der Waals surface area contributed by atoms with Crippen LogP contribution in [0.4, 0.5) is 0 Å². The summed E-state index contributed by atoms with van der Waals surface area (Å²) in [4.78, 5) is 3.92. The maximum absolute atomic E-state index is 11.9. The van der Waals surface area contributed by atoms with Crippen LogP contribution < -0.4 is 4.72 Å². The van der Waals surface area contributed by atoms with Gasteiger partial charge in [-0.15, -0.1) is 11.3 Å². The van der Waals surface area contributed by atoms with Gasteiger partial charge in [0, 0.05) is 13.2 Å². The third kappa shape index (κ3) is 4.34. The summed E-state index contributed by atoms with van der Waals surface area (Å²) in [5.74, 6) is 0. The van der Waals surface area contributed by atoms with Gasteiger partial charge in [0.1, 0.15) is 0 Å². The fourth-order valence-electron chi connectivity index (χ4n) is 1.22. The highest BCUT2D eigenvalue weighted by molar-refractivity contribution is 7.91. The second kappa shape index (κ2) is 5.43. The number of sulfonamides is 1. The minimum atomic E-state index is -3.47. The predicted octanol–water partition coefficient (Wildman–Crippen LogP) is 1.14. The maximum Gasteiger partial charge on any atom is 0.251 e. The van der Waals surface area contributed by atoms with E-state index in [9.17, 15) is 8.42 Å². The number of thiazole rings is 1. The van der Waals surface area contributed by atoms with Crippen LogP contribution in [0.1, 0.15) is 25.3 Å². The average molecular weight is 278 g/mol. The lowest BCUT2D eigenvalue weighted by molar-refractivity contribution is 0.213. The third-order valence-corrected chi connectivity index (χ3v) is 5.17. The summed E-state index contributed by atoms with van der Waals surface area (Å²) >= 11 is 1.15. The Labute approximate surface area is 106 Å². The smallest absolute Gasteiger partial charge is 0.251 e. The molecule has 0 unspecified atom stereocenters. The number of aryl methyl sites for hydroxylation is 1. The van der Waals surface area contributed by atoms with Gasteiger partial charge in [-0.1, -0.05) is 13.8 Å². The van der Waals surface area contributed by atoms with Crippen LogP contribution in [0.3, 0.4) is 0 Å². The lowest BCUT2D eigenvalue weighted by atomic mass is 9.90. The van der Waals surface area contributed by atoms with Gasteiger partial charge in [-0.25, -0.2) is 18.1 Å². The summed E-state index contributed by atoms with van der Waals surface area (Å²) in [6.45, 7) is 5.92. The van der Waals surface area contributed by atoms with Gasteiger partial charge in [0.05, 0.1) is 11.2 Å². The van der Waals surface area contributed by atoms with Gasteiger partial charge in [0.15, 0.2) is 4.21 Å². The van der Waals surface area contributed by atoms with Crippen molar-refractivity contribution in [2.75, 3.05) is 13.2 Å². The van der Waals surface area contributed by atoms with E-state index in [1.807, 2.05) is 13.8 Å². The van der Waals surface area contributed by atoms with Crippen molar-refractivity contribution in [1.29, 1.82) is 0 Å². The van der Waals surface area contributed by atoms with Gasteiger partial charge in [-0.05, 0) is 18.8 Å². The molecule has 0 fully saturated rings. The molecule has 0 aliphatic carbocycles. The van der Waals surface area contributed by atoms with Crippen molar-refractivity contribution in [3.63, 3.8) is 0 Å².